The monoisotopic (exact) mass is 831 g/mol. The second-order valence-electron chi connectivity index (χ2n) is 15.2. The average Bonchev–Trinajstić information content (AvgIpc) is 3.24. The standard InChI is InChI=1S/C54H86O6/c1-4-7-10-13-16-19-22-24-25-26-27-28-29-30-33-35-38-41-44-47-53(56)59-50-51(49-58-52(55)46-43-40-37-34-31-21-18-15-12-9-6-3)60-54(57)48-45-42-39-36-32-23-20-17-14-11-8-5-2/h7,9-10,12,16-21,24-25,27-28,30,33-34,37,51H,4-6,8,11,13-15,22-23,26,29,31-32,35-36,38-50H2,1-3H3/b10-7-,12-9-,19-16-,20-17-,21-18-,25-24-,28-27-,33-30-,37-34-. The number of hydrogen-bond acceptors (Lipinski definition) is 6. The van der Waals surface area contributed by atoms with Crippen molar-refractivity contribution in [1.29, 1.82) is 0 Å². The zero-order valence-corrected chi connectivity index (χ0v) is 38.4. The van der Waals surface area contributed by atoms with Crippen LogP contribution in [-0.2, 0) is 28.6 Å². The average molecular weight is 831 g/mol. The third-order valence-corrected chi connectivity index (χ3v) is 9.49. The summed E-state index contributed by atoms with van der Waals surface area (Å²) in [7, 11) is 0. The number of allylic oxidation sites excluding steroid dienone is 18. The van der Waals surface area contributed by atoms with Crippen LogP contribution >= 0.6 is 0 Å². The molecule has 0 aliphatic carbocycles. The van der Waals surface area contributed by atoms with Crippen molar-refractivity contribution in [3.05, 3.63) is 109 Å². The minimum Gasteiger partial charge on any atom is -0.462 e. The summed E-state index contributed by atoms with van der Waals surface area (Å²) in [5.41, 5.74) is 0. The lowest BCUT2D eigenvalue weighted by atomic mass is 10.1. The van der Waals surface area contributed by atoms with Gasteiger partial charge in [0.1, 0.15) is 13.2 Å². The number of ether oxygens (including phenoxy) is 3. The lowest BCUT2D eigenvalue weighted by Gasteiger charge is -2.18. The Labute approximate surface area is 368 Å². The van der Waals surface area contributed by atoms with Gasteiger partial charge in [0.15, 0.2) is 6.10 Å². The van der Waals surface area contributed by atoms with Crippen molar-refractivity contribution in [2.75, 3.05) is 13.2 Å². The van der Waals surface area contributed by atoms with E-state index in [-0.39, 0.29) is 37.5 Å². The summed E-state index contributed by atoms with van der Waals surface area (Å²) in [6.07, 6.45) is 63.7. The fourth-order valence-electron chi connectivity index (χ4n) is 5.95. The molecule has 0 fully saturated rings. The van der Waals surface area contributed by atoms with E-state index in [1.165, 1.54) is 32.1 Å². The van der Waals surface area contributed by atoms with E-state index in [0.29, 0.717) is 19.3 Å². The predicted molar refractivity (Wildman–Crippen MR) is 256 cm³/mol. The van der Waals surface area contributed by atoms with Crippen molar-refractivity contribution in [2.45, 2.75) is 200 Å². The Morgan fingerprint density at radius 2 is 0.667 bits per heavy atom. The molecule has 0 saturated carbocycles. The van der Waals surface area contributed by atoms with E-state index >= 15 is 0 Å². The summed E-state index contributed by atoms with van der Waals surface area (Å²) in [4.78, 5) is 37.8. The van der Waals surface area contributed by atoms with E-state index in [4.69, 9.17) is 14.2 Å². The molecule has 6 heteroatoms. The Hall–Kier alpha value is -3.93. The first kappa shape index (κ1) is 56.1. The van der Waals surface area contributed by atoms with Crippen molar-refractivity contribution in [3.8, 4) is 0 Å². The van der Waals surface area contributed by atoms with Gasteiger partial charge in [0.25, 0.3) is 0 Å². The van der Waals surface area contributed by atoms with Gasteiger partial charge in [-0.1, -0.05) is 169 Å². The first-order valence-corrected chi connectivity index (χ1v) is 23.9. The summed E-state index contributed by atoms with van der Waals surface area (Å²) in [6, 6.07) is 0. The van der Waals surface area contributed by atoms with Crippen LogP contribution in [0.25, 0.3) is 0 Å². The van der Waals surface area contributed by atoms with Crippen LogP contribution in [-0.4, -0.2) is 37.2 Å². The number of carbonyl (C=O) groups excluding carboxylic acids is 3. The SMILES string of the molecule is CC/C=C\C/C=C\C/C=C\C/C=C\C/C=C\CCCCCC(=O)OCC(COC(=O)CCC/C=C\C/C=C\C/C=C\CC)OC(=O)CCCCCCC/C=C\CCCCC. The number of carbonyl (C=O) groups is 3. The third kappa shape index (κ3) is 45.2. The molecule has 0 amide bonds. The lowest BCUT2D eigenvalue weighted by molar-refractivity contribution is -0.167. The number of unbranched alkanes of at least 4 members (excludes halogenated alkanes) is 12. The lowest BCUT2D eigenvalue weighted by Crippen LogP contribution is -2.30. The Morgan fingerprint density at radius 3 is 1.12 bits per heavy atom. The van der Waals surface area contributed by atoms with Crippen molar-refractivity contribution in [2.24, 2.45) is 0 Å². The summed E-state index contributed by atoms with van der Waals surface area (Å²) in [5.74, 6) is -1.02. The fourth-order valence-corrected chi connectivity index (χ4v) is 5.95. The van der Waals surface area contributed by atoms with Crippen LogP contribution in [0.1, 0.15) is 194 Å². The summed E-state index contributed by atoms with van der Waals surface area (Å²) < 4.78 is 16.6. The maximum absolute atomic E-state index is 12.7. The molecule has 0 spiro atoms. The van der Waals surface area contributed by atoms with Gasteiger partial charge in [0, 0.05) is 19.3 Å². The van der Waals surface area contributed by atoms with Crippen LogP contribution in [0.4, 0.5) is 0 Å². The second kappa shape index (κ2) is 47.7. The van der Waals surface area contributed by atoms with Gasteiger partial charge in [-0.2, -0.15) is 0 Å². The molecule has 6 nitrogen and oxygen atoms in total. The van der Waals surface area contributed by atoms with Crippen molar-refractivity contribution >= 4 is 17.9 Å². The molecule has 0 rings (SSSR count). The summed E-state index contributed by atoms with van der Waals surface area (Å²) >= 11 is 0. The van der Waals surface area contributed by atoms with Crippen LogP contribution in [0.15, 0.2) is 109 Å². The Kier molecular flexibility index (Phi) is 44.6. The van der Waals surface area contributed by atoms with Gasteiger partial charge in [-0.3, -0.25) is 14.4 Å². The highest BCUT2D eigenvalue weighted by Gasteiger charge is 2.19. The molecule has 0 radical (unpaired) electrons. The van der Waals surface area contributed by atoms with Gasteiger partial charge in [-0.25, -0.2) is 0 Å². The van der Waals surface area contributed by atoms with E-state index in [0.717, 1.165) is 116 Å². The van der Waals surface area contributed by atoms with Crippen LogP contribution < -0.4 is 0 Å². The molecule has 0 aromatic carbocycles. The molecule has 0 aromatic heterocycles. The molecule has 0 aromatic rings. The molecule has 1 atom stereocenters. The van der Waals surface area contributed by atoms with Gasteiger partial charge in [0.2, 0.25) is 0 Å². The Balaban J connectivity index is 4.49. The van der Waals surface area contributed by atoms with Crippen LogP contribution in [0, 0.1) is 0 Å². The molecule has 338 valence electrons. The van der Waals surface area contributed by atoms with E-state index in [9.17, 15) is 14.4 Å². The van der Waals surface area contributed by atoms with Crippen molar-refractivity contribution in [1.82, 2.24) is 0 Å². The number of hydrogen-bond donors (Lipinski definition) is 0. The van der Waals surface area contributed by atoms with Gasteiger partial charge in [0.05, 0.1) is 0 Å². The molecule has 1 unspecified atom stereocenters. The molecule has 0 N–H and O–H groups in total. The van der Waals surface area contributed by atoms with E-state index in [1.807, 2.05) is 0 Å². The largest absolute Gasteiger partial charge is 0.462 e. The minimum atomic E-state index is -0.816. The van der Waals surface area contributed by atoms with Gasteiger partial charge in [-0.15, -0.1) is 0 Å². The molecular formula is C54H86O6. The molecular weight excluding hydrogens is 745 g/mol. The van der Waals surface area contributed by atoms with E-state index in [2.05, 4.69) is 130 Å². The smallest absolute Gasteiger partial charge is 0.306 e. The van der Waals surface area contributed by atoms with Crippen LogP contribution in [0.3, 0.4) is 0 Å². The molecule has 60 heavy (non-hydrogen) atoms. The quantitative estimate of drug-likeness (QED) is 0.0264. The third-order valence-electron chi connectivity index (χ3n) is 9.49. The first-order chi connectivity index (χ1) is 29.5. The van der Waals surface area contributed by atoms with Crippen LogP contribution in [0.5, 0.6) is 0 Å². The van der Waals surface area contributed by atoms with E-state index in [1.54, 1.807) is 0 Å². The second-order valence-corrected chi connectivity index (χ2v) is 15.2. The van der Waals surface area contributed by atoms with Gasteiger partial charge in [-0.05, 0) is 116 Å². The number of rotatable bonds is 41. The van der Waals surface area contributed by atoms with Crippen molar-refractivity contribution in [3.63, 3.8) is 0 Å². The molecule has 0 aliphatic rings. The Morgan fingerprint density at radius 1 is 0.350 bits per heavy atom. The maximum atomic E-state index is 12.7. The zero-order chi connectivity index (χ0) is 43.7. The van der Waals surface area contributed by atoms with E-state index < -0.39 is 6.10 Å². The molecule has 0 saturated heterocycles. The molecule has 0 heterocycles. The molecule has 0 aliphatic heterocycles. The number of esters is 3. The van der Waals surface area contributed by atoms with Gasteiger partial charge >= 0.3 is 17.9 Å². The Bertz CT molecular complexity index is 1280. The summed E-state index contributed by atoms with van der Waals surface area (Å²) in [5, 5.41) is 0. The van der Waals surface area contributed by atoms with Gasteiger partial charge < -0.3 is 14.2 Å². The topological polar surface area (TPSA) is 78.9 Å². The first-order valence-electron chi connectivity index (χ1n) is 23.9. The minimum absolute atomic E-state index is 0.117. The van der Waals surface area contributed by atoms with Crippen LogP contribution in [0.2, 0.25) is 0 Å². The summed E-state index contributed by atoms with van der Waals surface area (Å²) in [6.45, 7) is 6.27. The van der Waals surface area contributed by atoms with Crippen molar-refractivity contribution < 1.29 is 28.6 Å². The highest BCUT2D eigenvalue weighted by Crippen LogP contribution is 2.12. The normalized spacial score (nSPS) is 13.1. The maximum Gasteiger partial charge on any atom is 0.306 e. The fraction of sp³-hybridized carbons (Fsp3) is 0.611. The zero-order valence-electron chi connectivity index (χ0n) is 38.4. The predicted octanol–water partition coefficient (Wildman–Crippen LogP) is 15.6. The highest BCUT2D eigenvalue weighted by atomic mass is 16.6. The highest BCUT2D eigenvalue weighted by molar-refractivity contribution is 5.71. The molecule has 0 bridgehead atoms.